The molecule has 0 aromatic carbocycles. The predicted octanol–water partition coefficient (Wildman–Crippen LogP) is 0.585. The summed E-state index contributed by atoms with van der Waals surface area (Å²) in [6, 6.07) is 2.07. The summed E-state index contributed by atoms with van der Waals surface area (Å²) in [6.45, 7) is 1.35. The van der Waals surface area contributed by atoms with Gasteiger partial charge in [-0.2, -0.15) is 5.26 Å². The van der Waals surface area contributed by atoms with Gasteiger partial charge in [-0.05, 0) is 25.7 Å². The highest BCUT2D eigenvalue weighted by Gasteiger charge is 2.50. The van der Waals surface area contributed by atoms with Gasteiger partial charge < -0.3 is 10.1 Å². The highest BCUT2D eigenvalue weighted by molar-refractivity contribution is 5.88. The first-order chi connectivity index (χ1) is 6.77. The molecule has 4 heteroatoms. The van der Waals surface area contributed by atoms with Crippen LogP contribution in [0.5, 0.6) is 0 Å². The standard InChI is InChI=1S/C10H14N2O2/c11-7-10(3-4-10)9(13)12-6-8-2-1-5-14-8/h8H,1-6H2,(H,12,13)/t8-/m0/s1. The highest BCUT2D eigenvalue weighted by atomic mass is 16.5. The highest BCUT2D eigenvalue weighted by Crippen LogP contribution is 2.44. The van der Waals surface area contributed by atoms with Crippen LogP contribution in [0.4, 0.5) is 0 Å². The maximum atomic E-state index is 11.5. The Morgan fingerprint density at radius 3 is 2.93 bits per heavy atom. The van der Waals surface area contributed by atoms with Crippen LogP contribution in [0.25, 0.3) is 0 Å². The van der Waals surface area contributed by atoms with Crippen LogP contribution in [0.15, 0.2) is 0 Å². The molecule has 1 aliphatic carbocycles. The third-order valence-corrected chi connectivity index (χ3v) is 2.91. The fourth-order valence-corrected chi connectivity index (χ4v) is 1.70. The molecule has 0 spiro atoms. The van der Waals surface area contributed by atoms with Crippen LogP contribution in [-0.2, 0) is 9.53 Å². The normalized spacial score (nSPS) is 28.1. The number of amides is 1. The molecule has 0 unspecified atom stereocenters. The number of ether oxygens (including phenoxy) is 1. The zero-order valence-electron chi connectivity index (χ0n) is 8.08. The minimum Gasteiger partial charge on any atom is -0.376 e. The molecular weight excluding hydrogens is 180 g/mol. The van der Waals surface area contributed by atoms with Gasteiger partial charge in [0.15, 0.2) is 0 Å². The molecule has 4 nitrogen and oxygen atoms in total. The largest absolute Gasteiger partial charge is 0.376 e. The second-order valence-electron chi connectivity index (χ2n) is 4.04. The van der Waals surface area contributed by atoms with Gasteiger partial charge in [0, 0.05) is 13.2 Å². The number of nitrogens with one attached hydrogen (secondary N) is 1. The summed E-state index contributed by atoms with van der Waals surface area (Å²) >= 11 is 0. The van der Waals surface area contributed by atoms with E-state index in [0.29, 0.717) is 19.4 Å². The van der Waals surface area contributed by atoms with Crippen molar-refractivity contribution in [1.29, 1.82) is 5.26 Å². The van der Waals surface area contributed by atoms with Crippen molar-refractivity contribution in [2.24, 2.45) is 5.41 Å². The zero-order valence-corrected chi connectivity index (χ0v) is 8.08. The molecule has 1 atom stereocenters. The molecule has 2 fully saturated rings. The molecule has 76 valence electrons. The van der Waals surface area contributed by atoms with Crippen molar-refractivity contribution in [2.45, 2.75) is 31.8 Å². The van der Waals surface area contributed by atoms with E-state index in [9.17, 15) is 4.79 Å². The van der Waals surface area contributed by atoms with Gasteiger partial charge in [-0.25, -0.2) is 0 Å². The SMILES string of the molecule is N#CC1(C(=O)NC[C@@H]2CCCO2)CC1. The second-order valence-corrected chi connectivity index (χ2v) is 4.04. The van der Waals surface area contributed by atoms with E-state index in [1.807, 2.05) is 0 Å². The van der Waals surface area contributed by atoms with Gasteiger partial charge in [0.1, 0.15) is 5.41 Å². The van der Waals surface area contributed by atoms with E-state index in [-0.39, 0.29) is 12.0 Å². The lowest BCUT2D eigenvalue weighted by atomic mass is 10.1. The van der Waals surface area contributed by atoms with Crippen LogP contribution in [-0.4, -0.2) is 25.2 Å². The van der Waals surface area contributed by atoms with Crippen molar-refractivity contribution in [2.75, 3.05) is 13.2 Å². The molecule has 1 heterocycles. The number of carbonyl (C=O) groups excluding carboxylic acids is 1. The third kappa shape index (κ3) is 1.73. The van der Waals surface area contributed by atoms with Crippen LogP contribution >= 0.6 is 0 Å². The first-order valence-electron chi connectivity index (χ1n) is 5.08. The smallest absolute Gasteiger partial charge is 0.240 e. The van der Waals surface area contributed by atoms with Gasteiger partial charge in [-0.1, -0.05) is 0 Å². The Morgan fingerprint density at radius 2 is 2.43 bits per heavy atom. The van der Waals surface area contributed by atoms with E-state index in [1.165, 1.54) is 0 Å². The molecule has 14 heavy (non-hydrogen) atoms. The number of nitriles is 1. The van der Waals surface area contributed by atoms with E-state index >= 15 is 0 Å². The minimum atomic E-state index is -0.696. The fraction of sp³-hybridized carbons (Fsp3) is 0.800. The first kappa shape index (κ1) is 9.47. The van der Waals surface area contributed by atoms with Gasteiger partial charge in [-0.3, -0.25) is 4.79 Å². The van der Waals surface area contributed by atoms with Crippen molar-refractivity contribution in [3.63, 3.8) is 0 Å². The topological polar surface area (TPSA) is 62.1 Å². The molecule has 0 radical (unpaired) electrons. The average Bonchev–Trinajstić information content (AvgIpc) is 2.84. The second kappa shape index (κ2) is 3.58. The zero-order chi connectivity index (χ0) is 10.0. The summed E-state index contributed by atoms with van der Waals surface area (Å²) in [4.78, 5) is 11.5. The van der Waals surface area contributed by atoms with E-state index in [0.717, 1.165) is 19.4 Å². The molecule has 2 aliphatic rings. The lowest BCUT2D eigenvalue weighted by Crippen LogP contribution is -2.36. The van der Waals surface area contributed by atoms with Gasteiger partial charge in [0.25, 0.3) is 0 Å². The lowest BCUT2D eigenvalue weighted by Gasteiger charge is -2.12. The van der Waals surface area contributed by atoms with Gasteiger partial charge >= 0.3 is 0 Å². The van der Waals surface area contributed by atoms with Gasteiger partial charge in [0.2, 0.25) is 5.91 Å². The third-order valence-electron chi connectivity index (χ3n) is 2.91. The Balaban J connectivity index is 1.75. The average molecular weight is 194 g/mol. The Bertz CT molecular complexity index is 272. The number of rotatable bonds is 3. The number of hydrogen-bond donors (Lipinski definition) is 1. The molecule has 1 saturated heterocycles. The van der Waals surface area contributed by atoms with Crippen LogP contribution in [0.1, 0.15) is 25.7 Å². The molecule has 2 rings (SSSR count). The van der Waals surface area contributed by atoms with E-state index in [4.69, 9.17) is 10.00 Å². The summed E-state index contributed by atoms with van der Waals surface area (Å²) in [5.74, 6) is -0.115. The van der Waals surface area contributed by atoms with Gasteiger partial charge in [-0.15, -0.1) is 0 Å². The Hall–Kier alpha value is -1.08. The van der Waals surface area contributed by atoms with Crippen LogP contribution in [0.2, 0.25) is 0 Å². The Labute approximate surface area is 83.2 Å². The molecule has 0 bridgehead atoms. The molecule has 1 N–H and O–H groups in total. The van der Waals surface area contributed by atoms with Crippen LogP contribution < -0.4 is 5.32 Å². The summed E-state index contributed by atoms with van der Waals surface area (Å²) < 4.78 is 5.37. The van der Waals surface area contributed by atoms with E-state index in [1.54, 1.807) is 0 Å². The van der Waals surface area contributed by atoms with Gasteiger partial charge in [0.05, 0.1) is 12.2 Å². The maximum absolute atomic E-state index is 11.5. The van der Waals surface area contributed by atoms with Crippen LogP contribution in [0.3, 0.4) is 0 Å². The van der Waals surface area contributed by atoms with E-state index in [2.05, 4.69) is 11.4 Å². The number of carbonyl (C=O) groups is 1. The molecule has 1 amide bonds. The van der Waals surface area contributed by atoms with Crippen molar-refractivity contribution in [3.05, 3.63) is 0 Å². The molecule has 0 aromatic heterocycles. The number of hydrogen-bond acceptors (Lipinski definition) is 3. The molecule has 1 aliphatic heterocycles. The molecule has 0 aromatic rings. The molecular formula is C10H14N2O2. The first-order valence-corrected chi connectivity index (χ1v) is 5.08. The molecule has 1 saturated carbocycles. The van der Waals surface area contributed by atoms with Crippen molar-refractivity contribution in [1.82, 2.24) is 5.32 Å². The monoisotopic (exact) mass is 194 g/mol. The summed E-state index contributed by atoms with van der Waals surface area (Å²) in [7, 11) is 0. The summed E-state index contributed by atoms with van der Waals surface area (Å²) in [5, 5.41) is 11.6. The van der Waals surface area contributed by atoms with Crippen molar-refractivity contribution in [3.8, 4) is 6.07 Å². The van der Waals surface area contributed by atoms with Crippen molar-refractivity contribution >= 4 is 5.91 Å². The maximum Gasteiger partial charge on any atom is 0.240 e. The van der Waals surface area contributed by atoms with Crippen molar-refractivity contribution < 1.29 is 9.53 Å². The predicted molar refractivity (Wildman–Crippen MR) is 49.3 cm³/mol. The minimum absolute atomic E-state index is 0.115. The quantitative estimate of drug-likeness (QED) is 0.715. The Kier molecular flexibility index (Phi) is 2.42. The Morgan fingerprint density at radius 1 is 1.64 bits per heavy atom. The summed E-state index contributed by atoms with van der Waals surface area (Å²) in [5.41, 5.74) is -0.696. The fourth-order valence-electron chi connectivity index (χ4n) is 1.70. The van der Waals surface area contributed by atoms with Crippen LogP contribution in [0, 0.1) is 16.7 Å². The number of nitrogens with zero attached hydrogens (tertiary/aromatic N) is 1. The van der Waals surface area contributed by atoms with E-state index < -0.39 is 5.41 Å². The lowest BCUT2D eigenvalue weighted by molar-refractivity contribution is -0.124. The summed E-state index contributed by atoms with van der Waals surface area (Å²) in [6.07, 6.45) is 3.67.